The van der Waals surface area contributed by atoms with Crippen molar-refractivity contribution in [1.82, 2.24) is 29.5 Å². The molecule has 3 aromatic rings. The van der Waals surface area contributed by atoms with E-state index in [1.54, 1.807) is 62.4 Å². The molecule has 0 N–H and O–H groups in total. The summed E-state index contributed by atoms with van der Waals surface area (Å²) in [7, 11) is 0. The number of imide groups is 1. The number of carbonyl (C=O) groups excluding carboxylic acids is 3. The number of hydrogen-bond donors (Lipinski definition) is 0. The molecule has 3 aromatic heterocycles. The van der Waals surface area contributed by atoms with Gasteiger partial charge in [0.25, 0.3) is 0 Å². The van der Waals surface area contributed by atoms with Crippen molar-refractivity contribution in [2.24, 2.45) is 0 Å². The van der Waals surface area contributed by atoms with Crippen LogP contribution in [0.3, 0.4) is 0 Å². The summed E-state index contributed by atoms with van der Waals surface area (Å²) < 4.78 is 18.0. The van der Waals surface area contributed by atoms with Gasteiger partial charge in [0.1, 0.15) is 11.2 Å². The molecule has 0 atom stereocenters. The van der Waals surface area contributed by atoms with Gasteiger partial charge in [-0.1, -0.05) is 12.1 Å². The molecule has 42 heavy (non-hydrogen) atoms. The number of pyridine rings is 1. The van der Waals surface area contributed by atoms with Crippen molar-refractivity contribution in [2.75, 3.05) is 18.0 Å². The van der Waals surface area contributed by atoms with E-state index < -0.39 is 35.6 Å². The summed E-state index contributed by atoms with van der Waals surface area (Å²) in [5.41, 5.74) is 0.414. The highest BCUT2D eigenvalue weighted by Gasteiger charge is 2.36. The van der Waals surface area contributed by atoms with Crippen LogP contribution in [-0.4, -0.2) is 78.1 Å². The van der Waals surface area contributed by atoms with Gasteiger partial charge < -0.3 is 19.1 Å². The molecule has 0 saturated carbocycles. The topological polar surface area (TPSA) is 141 Å². The van der Waals surface area contributed by atoms with Crippen LogP contribution in [0.5, 0.6) is 0 Å². The first-order valence-corrected chi connectivity index (χ1v) is 13.7. The Morgan fingerprint density at radius 2 is 1.69 bits per heavy atom. The van der Waals surface area contributed by atoms with Gasteiger partial charge in [0, 0.05) is 19.3 Å². The molecule has 0 radical (unpaired) electrons. The summed E-state index contributed by atoms with van der Waals surface area (Å²) in [6.07, 6.45) is 2.66. The highest BCUT2D eigenvalue weighted by Crippen LogP contribution is 2.31. The molecule has 4 rings (SSSR count). The number of nitrogens with zero attached hydrogens (tertiary/aromatic N) is 7. The maximum Gasteiger partial charge on any atom is 0.425 e. The first-order chi connectivity index (χ1) is 19.6. The summed E-state index contributed by atoms with van der Waals surface area (Å²) in [5.74, 6) is 0.00425. The van der Waals surface area contributed by atoms with Gasteiger partial charge in [0.05, 0.1) is 18.0 Å². The van der Waals surface area contributed by atoms with Crippen LogP contribution in [0.4, 0.5) is 20.2 Å². The number of amides is 3. The quantitative estimate of drug-likeness (QED) is 0.364. The minimum Gasteiger partial charge on any atom is -0.446 e. The standard InChI is InChI=1S/C29H37N7O6/c1-18(2)40-26(38)36(27(39)42-29(6,7)8)24-22(23-32-21-11-9-10-14-35(21)33-23)31-20(17-30-24)19-12-15-34(16-13-19)25(37)41-28(3,4)5/h9-12,14,17-18H,13,15-16H2,1-8H3. The van der Waals surface area contributed by atoms with E-state index in [9.17, 15) is 14.4 Å². The molecule has 0 unspecified atom stereocenters. The van der Waals surface area contributed by atoms with Gasteiger partial charge in [-0.3, -0.25) is 0 Å². The van der Waals surface area contributed by atoms with E-state index in [0.29, 0.717) is 35.8 Å². The zero-order valence-corrected chi connectivity index (χ0v) is 25.2. The number of fused-ring (bicyclic) bond motifs is 1. The van der Waals surface area contributed by atoms with Crippen LogP contribution in [0, 0.1) is 0 Å². The zero-order valence-electron chi connectivity index (χ0n) is 25.2. The predicted octanol–water partition coefficient (Wildman–Crippen LogP) is 5.50. The predicted molar refractivity (Wildman–Crippen MR) is 155 cm³/mol. The molecule has 13 nitrogen and oxygen atoms in total. The molecule has 13 heteroatoms. The highest BCUT2D eigenvalue weighted by molar-refractivity contribution is 6.10. The third-order valence-electron chi connectivity index (χ3n) is 5.70. The monoisotopic (exact) mass is 579 g/mol. The molecule has 0 fully saturated rings. The van der Waals surface area contributed by atoms with Crippen LogP contribution >= 0.6 is 0 Å². The Morgan fingerprint density at radius 3 is 2.29 bits per heavy atom. The van der Waals surface area contributed by atoms with Gasteiger partial charge in [-0.25, -0.2) is 33.9 Å². The van der Waals surface area contributed by atoms with Crippen LogP contribution in [0.25, 0.3) is 22.7 Å². The van der Waals surface area contributed by atoms with Crippen molar-refractivity contribution in [3.63, 3.8) is 0 Å². The number of ether oxygens (including phenoxy) is 3. The summed E-state index contributed by atoms with van der Waals surface area (Å²) in [6, 6.07) is 5.37. The van der Waals surface area contributed by atoms with Crippen molar-refractivity contribution >= 4 is 35.3 Å². The molecule has 0 saturated heterocycles. The SMILES string of the molecule is CC(C)OC(=O)N(C(=O)OC(C)(C)C)c1ncc(C2=CCN(C(=O)OC(C)(C)C)CC2)nc1-c1nc2ccccn2n1. The molecule has 3 amide bonds. The third-order valence-corrected chi connectivity index (χ3v) is 5.70. The lowest BCUT2D eigenvalue weighted by Crippen LogP contribution is -2.43. The van der Waals surface area contributed by atoms with Crippen LogP contribution in [0.15, 0.2) is 36.7 Å². The number of aromatic nitrogens is 5. The van der Waals surface area contributed by atoms with Crippen LogP contribution in [0.1, 0.15) is 67.5 Å². The Labute approximate surface area is 244 Å². The van der Waals surface area contributed by atoms with Gasteiger partial charge in [0.15, 0.2) is 17.2 Å². The Kier molecular flexibility index (Phi) is 8.50. The maximum absolute atomic E-state index is 13.4. The molecule has 0 bridgehead atoms. The Balaban J connectivity index is 1.78. The Hall–Kier alpha value is -4.55. The summed E-state index contributed by atoms with van der Waals surface area (Å²) in [4.78, 5) is 55.3. The van der Waals surface area contributed by atoms with Crippen molar-refractivity contribution in [3.8, 4) is 11.5 Å². The number of carbonyl (C=O) groups is 3. The molecule has 4 heterocycles. The van der Waals surface area contributed by atoms with Gasteiger partial charge >= 0.3 is 18.3 Å². The van der Waals surface area contributed by atoms with Gasteiger partial charge in [-0.15, -0.1) is 5.10 Å². The van der Waals surface area contributed by atoms with Crippen LogP contribution < -0.4 is 4.90 Å². The Bertz CT molecular complexity index is 1480. The molecule has 1 aliphatic rings. The smallest absolute Gasteiger partial charge is 0.425 e. The second-order valence-corrected chi connectivity index (χ2v) is 12.0. The average Bonchev–Trinajstić information content (AvgIpc) is 3.31. The van der Waals surface area contributed by atoms with Gasteiger partial charge in [0.2, 0.25) is 5.82 Å². The second kappa shape index (κ2) is 11.7. The van der Waals surface area contributed by atoms with Crippen LogP contribution in [0.2, 0.25) is 0 Å². The summed E-state index contributed by atoms with van der Waals surface area (Å²) in [5, 5.41) is 4.52. The second-order valence-electron chi connectivity index (χ2n) is 12.0. The first-order valence-electron chi connectivity index (χ1n) is 13.7. The fraction of sp³-hybridized carbons (Fsp3) is 0.483. The molecule has 0 aliphatic carbocycles. The lowest BCUT2D eigenvalue weighted by Gasteiger charge is -2.29. The van der Waals surface area contributed by atoms with E-state index in [1.165, 1.54) is 6.20 Å². The zero-order chi connectivity index (χ0) is 30.8. The van der Waals surface area contributed by atoms with Crippen molar-refractivity contribution < 1.29 is 28.6 Å². The largest absolute Gasteiger partial charge is 0.446 e. The normalized spacial score (nSPS) is 14.0. The maximum atomic E-state index is 13.4. The minimum atomic E-state index is -0.981. The van der Waals surface area contributed by atoms with E-state index in [0.717, 1.165) is 5.57 Å². The number of anilines is 1. The fourth-order valence-electron chi connectivity index (χ4n) is 3.99. The van der Waals surface area contributed by atoms with E-state index in [1.807, 2.05) is 32.9 Å². The molecule has 0 spiro atoms. The highest BCUT2D eigenvalue weighted by atomic mass is 16.6. The van der Waals surface area contributed by atoms with E-state index in [-0.39, 0.29) is 17.3 Å². The van der Waals surface area contributed by atoms with E-state index >= 15 is 0 Å². The van der Waals surface area contributed by atoms with Crippen molar-refractivity contribution in [1.29, 1.82) is 0 Å². The van der Waals surface area contributed by atoms with Crippen molar-refractivity contribution in [3.05, 3.63) is 42.4 Å². The molecule has 0 aromatic carbocycles. The van der Waals surface area contributed by atoms with Gasteiger partial charge in [-0.05, 0) is 79.5 Å². The van der Waals surface area contributed by atoms with E-state index in [4.69, 9.17) is 19.2 Å². The molecular formula is C29H37N7O6. The van der Waals surface area contributed by atoms with Crippen molar-refractivity contribution in [2.45, 2.75) is 79.1 Å². The Morgan fingerprint density at radius 1 is 0.976 bits per heavy atom. The lowest BCUT2D eigenvalue weighted by atomic mass is 10.1. The average molecular weight is 580 g/mol. The number of rotatable bonds is 4. The summed E-state index contributed by atoms with van der Waals surface area (Å²) >= 11 is 0. The first kappa shape index (κ1) is 30.4. The molecular weight excluding hydrogens is 542 g/mol. The van der Waals surface area contributed by atoms with Gasteiger partial charge in [-0.2, -0.15) is 4.90 Å². The minimum absolute atomic E-state index is 0.0817. The van der Waals surface area contributed by atoms with E-state index in [2.05, 4.69) is 15.1 Å². The van der Waals surface area contributed by atoms with Crippen LogP contribution in [-0.2, 0) is 14.2 Å². The lowest BCUT2D eigenvalue weighted by molar-refractivity contribution is 0.0270. The fourth-order valence-corrected chi connectivity index (χ4v) is 3.99. The third kappa shape index (κ3) is 7.39. The summed E-state index contributed by atoms with van der Waals surface area (Å²) in [6.45, 7) is 14.6. The molecule has 1 aliphatic heterocycles. The number of hydrogen-bond acceptors (Lipinski definition) is 10. The molecule has 224 valence electrons.